The number of halogens is 1. The van der Waals surface area contributed by atoms with E-state index in [1.54, 1.807) is 30.3 Å². The fourth-order valence-electron chi connectivity index (χ4n) is 3.55. The molecule has 0 radical (unpaired) electrons. The Morgan fingerprint density at radius 2 is 1.89 bits per heavy atom. The van der Waals surface area contributed by atoms with Gasteiger partial charge in [0.25, 0.3) is 5.91 Å². The number of guanidine groups is 1. The van der Waals surface area contributed by atoms with Gasteiger partial charge in [0.2, 0.25) is 11.9 Å². The highest BCUT2D eigenvalue weighted by molar-refractivity contribution is 6.23. The number of imide groups is 1. The Kier molecular flexibility index (Phi) is 3.83. The van der Waals surface area contributed by atoms with E-state index in [4.69, 9.17) is 0 Å². The van der Waals surface area contributed by atoms with E-state index in [0.29, 0.717) is 17.4 Å². The molecular weight excluding hydrogens is 351 g/mol. The van der Waals surface area contributed by atoms with Gasteiger partial charge in [0, 0.05) is 19.7 Å². The molecule has 0 spiro atoms. The van der Waals surface area contributed by atoms with Crippen LogP contribution in [0.25, 0.3) is 0 Å². The Hall–Kier alpha value is -3.10. The zero-order chi connectivity index (χ0) is 19.5. The lowest BCUT2D eigenvalue weighted by Crippen LogP contribution is -2.63. The summed E-state index contributed by atoms with van der Waals surface area (Å²) in [5, 5.41) is 6.15. The number of carbonyl (C=O) groups excluding carboxylic acids is 2. The van der Waals surface area contributed by atoms with Gasteiger partial charge in [0.05, 0.1) is 5.71 Å². The molecule has 2 atom stereocenters. The Morgan fingerprint density at radius 1 is 1.19 bits per heavy atom. The van der Waals surface area contributed by atoms with Crippen LogP contribution in [0.2, 0.25) is 0 Å². The molecule has 4 rings (SSSR count). The molecule has 27 heavy (non-hydrogen) atoms. The van der Waals surface area contributed by atoms with Crippen molar-refractivity contribution in [3.8, 4) is 0 Å². The molecule has 3 aliphatic rings. The van der Waals surface area contributed by atoms with Crippen molar-refractivity contribution >= 4 is 29.4 Å². The Bertz CT molecular complexity index is 953. The summed E-state index contributed by atoms with van der Waals surface area (Å²) in [6.45, 7) is 3.97. The maximum atomic E-state index is 14.1. The van der Waals surface area contributed by atoms with Gasteiger partial charge in [-0.25, -0.2) is 13.8 Å². The second-order valence-electron chi connectivity index (χ2n) is 6.89. The molecule has 3 amide bonds. The zero-order valence-electron chi connectivity index (χ0n) is 15.5. The second kappa shape index (κ2) is 5.97. The van der Waals surface area contributed by atoms with Gasteiger partial charge in [0.15, 0.2) is 0 Å². The summed E-state index contributed by atoms with van der Waals surface area (Å²) in [4.78, 5) is 32.1. The number of carbonyl (C=O) groups is 2. The average Bonchev–Trinajstić information content (AvgIpc) is 3.05. The molecule has 8 nitrogen and oxygen atoms in total. The summed E-state index contributed by atoms with van der Waals surface area (Å²) in [7, 11) is 3.05. The van der Waals surface area contributed by atoms with E-state index >= 15 is 0 Å². The first-order chi connectivity index (χ1) is 12.8. The van der Waals surface area contributed by atoms with Crippen LogP contribution in [0.4, 0.5) is 9.18 Å². The predicted molar refractivity (Wildman–Crippen MR) is 96.9 cm³/mol. The number of hydrogen-bond acceptors (Lipinski definition) is 5. The fraction of sp³-hybridized carbons (Fsp3) is 0.389. The van der Waals surface area contributed by atoms with Crippen LogP contribution < -0.4 is 0 Å². The molecule has 1 aromatic rings. The fourth-order valence-corrected chi connectivity index (χ4v) is 3.55. The number of likely N-dealkylation sites (N-methyl/N-ethyl adjacent to an activating group) is 2. The number of hydrazone groups is 1. The van der Waals surface area contributed by atoms with Crippen molar-refractivity contribution in [3.05, 3.63) is 35.6 Å². The smallest absolute Gasteiger partial charge is 0.270 e. The maximum absolute atomic E-state index is 14.1. The molecule has 140 valence electrons. The largest absolute Gasteiger partial charge is 0.417 e. The lowest BCUT2D eigenvalue weighted by atomic mass is 10.1. The van der Waals surface area contributed by atoms with Gasteiger partial charge in [-0.15, -0.1) is 10.1 Å². The minimum Gasteiger partial charge on any atom is -0.270 e. The third-order valence-corrected chi connectivity index (χ3v) is 5.26. The molecule has 3 aliphatic heterocycles. The van der Waals surface area contributed by atoms with Crippen molar-refractivity contribution < 1.29 is 18.6 Å². The Morgan fingerprint density at radius 3 is 2.59 bits per heavy atom. The summed E-state index contributed by atoms with van der Waals surface area (Å²) < 4.78 is 16.0. The molecule has 0 bridgehead atoms. The topological polar surface area (TPSA) is 71.6 Å². The number of rotatable bonds is 2. The molecule has 1 fully saturated rings. The third kappa shape index (κ3) is 2.45. The Labute approximate surface area is 155 Å². The van der Waals surface area contributed by atoms with Gasteiger partial charge in [-0.1, -0.05) is 23.2 Å². The number of urea groups is 1. The highest BCUT2D eigenvalue weighted by atomic mass is 19.1. The van der Waals surface area contributed by atoms with Crippen LogP contribution >= 0.6 is 0 Å². The van der Waals surface area contributed by atoms with Gasteiger partial charge >= 0.3 is 12.0 Å². The van der Waals surface area contributed by atoms with E-state index in [2.05, 4.69) is 10.1 Å². The highest BCUT2D eigenvalue weighted by Crippen LogP contribution is 2.25. The molecule has 0 saturated carbocycles. The SMILES string of the molecule is CC1=NN(Cc2ccccc2F)C2=[N+](C1C)C1C(=O)N(C)C(=O)N(C)C1=N2. The van der Waals surface area contributed by atoms with Crippen molar-refractivity contribution in [2.45, 2.75) is 32.5 Å². The van der Waals surface area contributed by atoms with Crippen molar-refractivity contribution in [2.24, 2.45) is 10.1 Å². The Balaban J connectivity index is 1.79. The molecule has 1 saturated heterocycles. The van der Waals surface area contributed by atoms with E-state index in [1.807, 2.05) is 18.4 Å². The van der Waals surface area contributed by atoms with E-state index < -0.39 is 12.1 Å². The minimum atomic E-state index is -0.698. The quantitative estimate of drug-likeness (QED) is 0.731. The second-order valence-corrected chi connectivity index (χ2v) is 6.89. The van der Waals surface area contributed by atoms with Crippen molar-refractivity contribution in [1.29, 1.82) is 0 Å². The van der Waals surface area contributed by atoms with Gasteiger partial charge in [0.1, 0.15) is 18.4 Å². The van der Waals surface area contributed by atoms with E-state index in [9.17, 15) is 14.0 Å². The molecular formula is C18H20FN6O2+. The lowest BCUT2D eigenvalue weighted by molar-refractivity contribution is -0.559. The highest BCUT2D eigenvalue weighted by Gasteiger charge is 2.55. The number of hydrogen-bond donors (Lipinski definition) is 0. The number of amides is 3. The van der Waals surface area contributed by atoms with Crippen LogP contribution in [0.1, 0.15) is 19.4 Å². The van der Waals surface area contributed by atoms with Crippen molar-refractivity contribution in [2.75, 3.05) is 14.1 Å². The van der Waals surface area contributed by atoms with Crippen LogP contribution in [0.15, 0.2) is 34.4 Å². The number of amidine groups is 1. The van der Waals surface area contributed by atoms with Gasteiger partial charge in [-0.3, -0.25) is 14.6 Å². The van der Waals surface area contributed by atoms with Gasteiger partial charge in [-0.05, 0) is 19.9 Å². The predicted octanol–water partition coefficient (Wildman–Crippen LogP) is 1.08. The third-order valence-electron chi connectivity index (χ3n) is 5.26. The normalized spacial score (nSPS) is 24.9. The van der Waals surface area contributed by atoms with E-state index in [0.717, 1.165) is 10.6 Å². The van der Waals surface area contributed by atoms with Crippen LogP contribution in [0.5, 0.6) is 0 Å². The number of fused-ring (bicyclic) bond motifs is 2. The van der Waals surface area contributed by atoms with Crippen LogP contribution in [-0.4, -0.2) is 75.0 Å². The number of nitrogens with zero attached hydrogens (tertiary/aromatic N) is 6. The first kappa shape index (κ1) is 17.3. The maximum Gasteiger partial charge on any atom is 0.417 e. The summed E-state index contributed by atoms with van der Waals surface area (Å²) >= 11 is 0. The molecule has 0 aromatic heterocycles. The van der Waals surface area contributed by atoms with Crippen molar-refractivity contribution in [3.63, 3.8) is 0 Å². The molecule has 0 N–H and O–H groups in total. The summed E-state index contributed by atoms with van der Waals surface area (Å²) in [6, 6.07) is 5.17. The first-order valence-corrected chi connectivity index (χ1v) is 8.66. The number of aliphatic imine (C=N–C) groups is 1. The zero-order valence-corrected chi connectivity index (χ0v) is 15.5. The van der Waals surface area contributed by atoms with Crippen LogP contribution in [0.3, 0.4) is 0 Å². The first-order valence-electron chi connectivity index (χ1n) is 8.66. The molecule has 9 heteroatoms. The number of benzene rings is 1. The van der Waals surface area contributed by atoms with Gasteiger partial charge in [-0.2, -0.15) is 0 Å². The minimum absolute atomic E-state index is 0.174. The average molecular weight is 371 g/mol. The molecule has 0 aliphatic carbocycles. The van der Waals surface area contributed by atoms with Crippen LogP contribution in [0, 0.1) is 5.82 Å². The molecule has 2 unspecified atom stereocenters. The summed E-state index contributed by atoms with van der Waals surface area (Å²) in [6.07, 6.45) is 0. The van der Waals surface area contributed by atoms with Gasteiger partial charge < -0.3 is 0 Å². The molecule has 1 aromatic carbocycles. The van der Waals surface area contributed by atoms with E-state index in [-0.39, 0.29) is 24.3 Å². The van der Waals surface area contributed by atoms with Crippen LogP contribution in [-0.2, 0) is 11.3 Å². The van der Waals surface area contributed by atoms with Crippen molar-refractivity contribution in [1.82, 2.24) is 14.8 Å². The summed E-state index contributed by atoms with van der Waals surface area (Å²) in [5.74, 6) is 0.148. The standard InChI is InChI=1S/C18H20FN6O2/c1-10-11(2)25-14-15(22(3)18(27)23(4)16(14)26)20-17(25)24(21-10)9-12-7-5-6-8-13(12)19/h5-8,11,14H,9H2,1-4H3/q+1. The monoisotopic (exact) mass is 371 g/mol. The lowest BCUT2D eigenvalue weighted by Gasteiger charge is -2.33. The van der Waals surface area contributed by atoms with E-state index in [1.165, 1.54) is 18.0 Å². The molecule has 3 heterocycles. The summed E-state index contributed by atoms with van der Waals surface area (Å²) in [5.41, 5.74) is 1.25.